The third-order valence-electron chi connectivity index (χ3n) is 4.63. The molecular weight excluding hydrogens is 308 g/mol. The molecule has 126 valence electrons. The van der Waals surface area contributed by atoms with Crippen molar-refractivity contribution in [2.45, 2.75) is 25.6 Å². The lowest BCUT2D eigenvalue weighted by molar-refractivity contribution is 0.0295. The van der Waals surface area contributed by atoms with Crippen LogP contribution in [0.15, 0.2) is 30.7 Å². The summed E-state index contributed by atoms with van der Waals surface area (Å²) in [6.07, 6.45) is 5.14. The number of morpholine rings is 1. The van der Waals surface area contributed by atoms with E-state index < -0.39 is 0 Å². The van der Waals surface area contributed by atoms with E-state index in [9.17, 15) is 4.79 Å². The third-order valence-corrected chi connectivity index (χ3v) is 4.63. The van der Waals surface area contributed by atoms with Crippen LogP contribution in [0.1, 0.15) is 17.4 Å². The van der Waals surface area contributed by atoms with Crippen molar-refractivity contribution < 1.29 is 9.53 Å². The van der Waals surface area contributed by atoms with E-state index in [1.807, 2.05) is 11.8 Å². The van der Waals surface area contributed by atoms with Gasteiger partial charge in [-0.2, -0.15) is 5.10 Å². The van der Waals surface area contributed by atoms with Crippen LogP contribution in [0.3, 0.4) is 0 Å². The summed E-state index contributed by atoms with van der Waals surface area (Å²) in [5.74, 6) is 0.699. The zero-order valence-corrected chi connectivity index (χ0v) is 13.6. The van der Waals surface area contributed by atoms with Crippen molar-refractivity contribution >= 4 is 11.9 Å². The number of nitrogens with zero attached hydrogens (tertiary/aromatic N) is 6. The normalized spacial score (nSPS) is 23.4. The second-order valence-electron chi connectivity index (χ2n) is 5.96. The molecule has 0 radical (unpaired) electrons. The first kappa shape index (κ1) is 15.1. The van der Waals surface area contributed by atoms with Crippen molar-refractivity contribution in [3.63, 3.8) is 0 Å². The molecule has 0 unspecified atom stereocenters. The quantitative estimate of drug-likeness (QED) is 0.813. The van der Waals surface area contributed by atoms with Crippen molar-refractivity contribution in [3.05, 3.63) is 36.4 Å². The Morgan fingerprint density at radius 3 is 2.92 bits per heavy atom. The van der Waals surface area contributed by atoms with Crippen molar-refractivity contribution in [1.29, 1.82) is 0 Å². The Morgan fingerprint density at radius 1 is 1.29 bits per heavy atom. The van der Waals surface area contributed by atoms with E-state index in [2.05, 4.69) is 20.0 Å². The topological polar surface area (TPSA) is 76.4 Å². The first-order valence-corrected chi connectivity index (χ1v) is 8.24. The molecule has 2 fully saturated rings. The van der Waals surface area contributed by atoms with E-state index in [1.54, 1.807) is 35.4 Å². The molecule has 0 saturated carbocycles. The van der Waals surface area contributed by atoms with Gasteiger partial charge in [0.25, 0.3) is 5.91 Å². The molecule has 1 amide bonds. The fourth-order valence-electron chi connectivity index (χ4n) is 3.47. The van der Waals surface area contributed by atoms with Crippen LogP contribution in [0, 0.1) is 0 Å². The fraction of sp³-hybridized carbons (Fsp3) is 0.500. The highest BCUT2D eigenvalue weighted by molar-refractivity contribution is 5.92. The molecule has 0 spiro atoms. The van der Waals surface area contributed by atoms with Gasteiger partial charge in [-0.25, -0.2) is 9.97 Å². The largest absolute Gasteiger partial charge is 0.372 e. The highest BCUT2D eigenvalue weighted by Gasteiger charge is 2.43. The van der Waals surface area contributed by atoms with Crippen molar-refractivity contribution in [1.82, 2.24) is 24.6 Å². The Labute approximate surface area is 140 Å². The summed E-state index contributed by atoms with van der Waals surface area (Å²) >= 11 is 0. The van der Waals surface area contributed by atoms with Gasteiger partial charge < -0.3 is 14.5 Å². The number of amides is 1. The van der Waals surface area contributed by atoms with Crippen LogP contribution in [0.5, 0.6) is 0 Å². The fourth-order valence-corrected chi connectivity index (χ4v) is 3.47. The Hall–Kier alpha value is -2.48. The minimum absolute atomic E-state index is 0.00119. The summed E-state index contributed by atoms with van der Waals surface area (Å²) in [5, 5.41) is 4.19. The molecule has 0 aromatic carbocycles. The van der Waals surface area contributed by atoms with Gasteiger partial charge in [0.15, 0.2) is 0 Å². The number of carbonyl (C=O) groups excluding carboxylic acids is 1. The van der Waals surface area contributed by atoms with Crippen molar-refractivity contribution in [3.8, 4) is 0 Å². The number of anilines is 1. The Bertz CT molecular complexity index is 718. The average molecular weight is 328 g/mol. The minimum Gasteiger partial charge on any atom is -0.372 e. The van der Waals surface area contributed by atoms with Gasteiger partial charge in [-0.3, -0.25) is 9.48 Å². The maximum atomic E-state index is 12.8. The lowest BCUT2D eigenvalue weighted by Crippen LogP contribution is -2.51. The molecular formula is C16H20N6O2. The zero-order chi connectivity index (χ0) is 16.5. The lowest BCUT2D eigenvalue weighted by atomic mass is 10.1. The number of fused-ring (bicyclic) bond motifs is 1. The van der Waals surface area contributed by atoms with Gasteiger partial charge in [0.1, 0.15) is 5.69 Å². The summed E-state index contributed by atoms with van der Waals surface area (Å²) in [6, 6.07) is 3.66. The second kappa shape index (κ2) is 6.20. The van der Waals surface area contributed by atoms with E-state index in [-0.39, 0.29) is 18.1 Å². The maximum absolute atomic E-state index is 12.8. The number of hydrogen-bond donors (Lipinski definition) is 0. The molecule has 0 N–H and O–H groups in total. The monoisotopic (exact) mass is 328 g/mol. The first-order chi connectivity index (χ1) is 11.8. The molecule has 2 aliphatic heterocycles. The second-order valence-corrected chi connectivity index (χ2v) is 5.96. The van der Waals surface area contributed by atoms with Gasteiger partial charge >= 0.3 is 0 Å². The summed E-state index contributed by atoms with van der Waals surface area (Å²) in [7, 11) is 0. The Balaban J connectivity index is 1.55. The molecule has 2 aromatic rings. The zero-order valence-electron chi connectivity index (χ0n) is 13.6. The molecule has 2 saturated heterocycles. The highest BCUT2D eigenvalue weighted by Crippen LogP contribution is 2.26. The molecule has 2 atom stereocenters. The molecule has 0 bridgehead atoms. The van der Waals surface area contributed by atoms with Crippen LogP contribution < -0.4 is 4.90 Å². The van der Waals surface area contributed by atoms with Crippen LogP contribution in [-0.2, 0) is 11.3 Å². The number of aryl methyl sites for hydroxylation is 1. The van der Waals surface area contributed by atoms with E-state index in [0.29, 0.717) is 37.9 Å². The molecule has 2 aromatic heterocycles. The van der Waals surface area contributed by atoms with E-state index in [0.717, 1.165) is 6.54 Å². The standard InChI is InChI=1S/C16H20N6O2/c1-2-22-12(4-7-19-22)15(23)20-10-13-14(11-20)24-9-8-21(13)16-17-5-3-6-18-16/h3-7,13-14H,2,8-11H2,1H3/t13-,14-/m0/s1. The maximum Gasteiger partial charge on any atom is 0.272 e. The van der Waals surface area contributed by atoms with Gasteiger partial charge in [-0.05, 0) is 19.1 Å². The molecule has 8 heteroatoms. The smallest absolute Gasteiger partial charge is 0.272 e. The van der Waals surface area contributed by atoms with E-state index in [4.69, 9.17) is 4.74 Å². The predicted molar refractivity (Wildman–Crippen MR) is 86.7 cm³/mol. The summed E-state index contributed by atoms with van der Waals surface area (Å²) in [4.78, 5) is 25.5. The molecule has 0 aliphatic carbocycles. The van der Waals surface area contributed by atoms with Gasteiger partial charge in [0.2, 0.25) is 5.95 Å². The predicted octanol–water partition coefficient (Wildman–Crippen LogP) is 0.423. The SMILES string of the molecule is CCn1nccc1C(=O)N1C[C@@H]2OCCN(c3ncccn3)[C@H]2C1. The summed E-state index contributed by atoms with van der Waals surface area (Å²) in [5.41, 5.74) is 0.624. The van der Waals surface area contributed by atoms with E-state index >= 15 is 0 Å². The number of rotatable bonds is 3. The van der Waals surface area contributed by atoms with Crippen molar-refractivity contribution in [2.24, 2.45) is 0 Å². The number of aromatic nitrogens is 4. The number of ether oxygens (including phenoxy) is 1. The number of likely N-dealkylation sites (tertiary alicyclic amines) is 1. The van der Waals surface area contributed by atoms with Crippen molar-refractivity contribution in [2.75, 3.05) is 31.1 Å². The highest BCUT2D eigenvalue weighted by atomic mass is 16.5. The van der Waals surface area contributed by atoms with Gasteiger partial charge in [0.05, 0.1) is 18.8 Å². The van der Waals surface area contributed by atoms with E-state index in [1.165, 1.54) is 0 Å². The average Bonchev–Trinajstić information content (AvgIpc) is 3.28. The summed E-state index contributed by atoms with van der Waals surface area (Å²) < 4.78 is 7.62. The third kappa shape index (κ3) is 2.52. The van der Waals surface area contributed by atoms with Crippen LogP contribution in [0.25, 0.3) is 0 Å². The molecule has 24 heavy (non-hydrogen) atoms. The van der Waals surface area contributed by atoms with Crippen LogP contribution in [0.2, 0.25) is 0 Å². The first-order valence-electron chi connectivity index (χ1n) is 8.24. The Kier molecular flexibility index (Phi) is 3.89. The van der Waals surface area contributed by atoms with Crippen LogP contribution in [0.4, 0.5) is 5.95 Å². The van der Waals surface area contributed by atoms with Gasteiger partial charge in [0, 0.05) is 44.8 Å². The molecule has 8 nitrogen and oxygen atoms in total. The minimum atomic E-state index is -0.00972. The molecule has 4 heterocycles. The van der Waals surface area contributed by atoms with Crippen LogP contribution >= 0.6 is 0 Å². The molecule has 4 rings (SSSR count). The lowest BCUT2D eigenvalue weighted by Gasteiger charge is -2.36. The van der Waals surface area contributed by atoms with Gasteiger partial charge in [-0.1, -0.05) is 0 Å². The Morgan fingerprint density at radius 2 is 2.12 bits per heavy atom. The molecule has 2 aliphatic rings. The van der Waals surface area contributed by atoms with Gasteiger partial charge in [-0.15, -0.1) is 0 Å². The number of carbonyl (C=O) groups is 1. The summed E-state index contributed by atoms with van der Waals surface area (Å²) in [6.45, 7) is 5.20. The van der Waals surface area contributed by atoms with Crippen LogP contribution in [-0.4, -0.2) is 68.9 Å². The number of hydrogen-bond acceptors (Lipinski definition) is 6.